The number of anilines is 1. The molecule has 1 unspecified atom stereocenters. The summed E-state index contributed by atoms with van der Waals surface area (Å²) < 4.78 is 44.6. The minimum atomic E-state index is -4.20. The van der Waals surface area contributed by atoms with Crippen LogP contribution in [0, 0.1) is 18.8 Å². The van der Waals surface area contributed by atoms with Gasteiger partial charge in [-0.25, -0.2) is 8.42 Å². The maximum Gasteiger partial charge on any atom is 0.326 e. The molecule has 1 aliphatic heterocycles. The van der Waals surface area contributed by atoms with Gasteiger partial charge in [0.1, 0.15) is 18.4 Å². The number of para-hydroxylation sites is 1. The highest BCUT2D eigenvalue weighted by Crippen LogP contribution is 2.33. The van der Waals surface area contributed by atoms with Gasteiger partial charge in [0.15, 0.2) is 5.76 Å². The number of methoxy groups -OCH3 is 1. The maximum absolute atomic E-state index is 13.8. The second-order valence-electron chi connectivity index (χ2n) is 8.31. The number of hydrogen-bond donors (Lipinski definition) is 0. The molecule has 0 N–H and O–H groups in total. The Morgan fingerprint density at radius 3 is 2.51 bits per heavy atom. The van der Waals surface area contributed by atoms with E-state index in [1.165, 1.54) is 42.5 Å². The average molecular weight is 523 g/mol. The summed E-state index contributed by atoms with van der Waals surface area (Å²) >= 11 is 0. The normalized spacial score (nSPS) is 15.6. The van der Waals surface area contributed by atoms with Crippen molar-refractivity contribution in [2.75, 3.05) is 25.2 Å². The lowest BCUT2D eigenvalue weighted by Crippen LogP contribution is -2.50. The number of ether oxygens (including phenoxy) is 2. The Morgan fingerprint density at radius 2 is 1.86 bits per heavy atom. The van der Waals surface area contributed by atoms with Crippen LogP contribution in [-0.2, 0) is 26.1 Å². The highest BCUT2D eigenvalue weighted by molar-refractivity contribution is 7.89. The first kappa shape index (κ1) is 26.0. The third-order valence-electron chi connectivity index (χ3n) is 5.89. The van der Waals surface area contributed by atoms with Crippen molar-refractivity contribution in [1.82, 2.24) is 4.31 Å². The van der Waals surface area contributed by atoms with Crippen molar-refractivity contribution in [3.8, 4) is 17.6 Å². The van der Waals surface area contributed by atoms with Crippen LogP contribution in [0.5, 0.6) is 5.75 Å². The van der Waals surface area contributed by atoms with E-state index in [2.05, 4.69) is 11.8 Å². The molecule has 0 aliphatic carbocycles. The molecule has 10 heteroatoms. The molecule has 192 valence electrons. The molecule has 9 nitrogen and oxygen atoms in total. The molecule has 0 radical (unpaired) electrons. The van der Waals surface area contributed by atoms with Gasteiger partial charge in [0.25, 0.3) is 5.91 Å². The molecule has 37 heavy (non-hydrogen) atoms. The number of carbonyl (C=O) groups excluding carboxylic acids is 2. The largest absolute Gasteiger partial charge is 0.481 e. The van der Waals surface area contributed by atoms with E-state index in [4.69, 9.17) is 13.9 Å². The first-order valence-corrected chi connectivity index (χ1v) is 12.9. The van der Waals surface area contributed by atoms with Crippen LogP contribution in [0.2, 0.25) is 0 Å². The summed E-state index contributed by atoms with van der Waals surface area (Å²) in [6, 6.07) is 13.1. The SMILES string of the molecule is CC#CCOc1ccc(S(=O)(=O)N2Cc3ccccc3N(C(=O)c3cc(C)co3)CC2C(=O)OC)cc1. The Kier molecular flexibility index (Phi) is 7.66. The van der Waals surface area contributed by atoms with Gasteiger partial charge in [-0.2, -0.15) is 4.31 Å². The minimum Gasteiger partial charge on any atom is -0.481 e. The van der Waals surface area contributed by atoms with Crippen LogP contribution in [-0.4, -0.2) is 50.9 Å². The van der Waals surface area contributed by atoms with E-state index in [0.29, 0.717) is 17.0 Å². The van der Waals surface area contributed by atoms with E-state index in [1.807, 2.05) is 0 Å². The highest BCUT2D eigenvalue weighted by Gasteiger charge is 2.42. The topological polar surface area (TPSA) is 106 Å². The monoisotopic (exact) mass is 522 g/mol. The Balaban J connectivity index is 1.75. The molecule has 1 aliphatic rings. The van der Waals surface area contributed by atoms with Gasteiger partial charge in [-0.1, -0.05) is 24.1 Å². The third kappa shape index (κ3) is 5.38. The summed E-state index contributed by atoms with van der Waals surface area (Å²) in [5.74, 6) is 4.74. The molecule has 0 saturated heterocycles. The van der Waals surface area contributed by atoms with Gasteiger partial charge >= 0.3 is 5.97 Å². The summed E-state index contributed by atoms with van der Waals surface area (Å²) in [6.45, 7) is 3.24. The third-order valence-corrected chi connectivity index (χ3v) is 7.76. The first-order chi connectivity index (χ1) is 17.8. The molecule has 1 atom stereocenters. The zero-order chi connectivity index (χ0) is 26.6. The fourth-order valence-corrected chi connectivity index (χ4v) is 5.58. The lowest BCUT2D eigenvalue weighted by atomic mass is 10.1. The van der Waals surface area contributed by atoms with E-state index >= 15 is 0 Å². The van der Waals surface area contributed by atoms with E-state index in [0.717, 1.165) is 9.87 Å². The molecule has 0 fully saturated rings. The van der Waals surface area contributed by atoms with Crippen LogP contribution >= 0.6 is 0 Å². The van der Waals surface area contributed by atoms with Gasteiger partial charge in [0.05, 0.1) is 24.8 Å². The lowest BCUT2D eigenvalue weighted by Gasteiger charge is -2.29. The predicted octanol–water partition coefficient (Wildman–Crippen LogP) is 3.38. The second-order valence-corrected chi connectivity index (χ2v) is 10.2. The Labute approximate surface area is 215 Å². The number of aryl methyl sites for hydroxylation is 1. The van der Waals surface area contributed by atoms with E-state index in [9.17, 15) is 18.0 Å². The fourth-order valence-electron chi connectivity index (χ4n) is 4.03. The number of amides is 1. The van der Waals surface area contributed by atoms with E-state index in [1.54, 1.807) is 44.2 Å². The molecule has 1 amide bonds. The summed E-state index contributed by atoms with van der Waals surface area (Å²) in [6.07, 6.45) is 1.45. The zero-order valence-electron chi connectivity index (χ0n) is 20.6. The summed E-state index contributed by atoms with van der Waals surface area (Å²) in [5.41, 5.74) is 1.79. The van der Waals surface area contributed by atoms with Crippen LogP contribution in [0.3, 0.4) is 0 Å². The Morgan fingerprint density at radius 1 is 1.14 bits per heavy atom. The van der Waals surface area contributed by atoms with Gasteiger partial charge < -0.3 is 18.8 Å². The number of hydrogen-bond acceptors (Lipinski definition) is 7. The number of nitrogens with zero attached hydrogens (tertiary/aromatic N) is 2. The van der Waals surface area contributed by atoms with Crippen LogP contribution in [0.4, 0.5) is 5.69 Å². The fraction of sp³-hybridized carbons (Fsp3) is 0.259. The van der Waals surface area contributed by atoms with Crippen LogP contribution in [0.15, 0.2) is 70.2 Å². The maximum atomic E-state index is 13.8. The van der Waals surface area contributed by atoms with Crippen LogP contribution in [0.25, 0.3) is 0 Å². The van der Waals surface area contributed by atoms with Crippen molar-refractivity contribution >= 4 is 27.6 Å². The molecule has 2 aromatic carbocycles. The molecule has 0 saturated carbocycles. The molecule has 1 aromatic heterocycles. The number of benzene rings is 2. The predicted molar refractivity (Wildman–Crippen MR) is 135 cm³/mol. The number of sulfonamides is 1. The summed E-state index contributed by atoms with van der Waals surface area (Å²) in [7, 11) is -3.02. The van der Waals surface area contributed by atoms with Gasteiger partial charge in [0, 0.05) is 12.2 Å². The quantitative estimate of drug-likeness (QED) is 0.361. The van der Waals surface area contributed by atoms with Crippen molar-refractivity contribution < 1.29 is 31.9 Å². The van der Waals surface area contributed by atoms with Crippen molar-refractivity contribution in [3.63, 3.8) is 0 Å². The highest BCUT2D eigenvalue weighted by atomic mass is 32.2. The summed E-state index contributed by atoms with van der Waals surface area (Å²) in [4.78, 5) is 27.7. The molecule has 3 aromatic rings. The van der Waals surface area contributed by atoms with Gasteiger partial charge in [-0.3, -0.25) is 9.59 Å². The second kappa shape index (κ2) is 10.9. The number of carbonyl (C=O) groups is 2. The molecule has 2 heterocycles. The Hall–Kier alpha value is -4.07. The van der Waals surface area contributed by atoms with Gasteiger partial charge in [-0.15, -0.1) is 5.92 Å². The van der Waals surface area contributed by atoms with E-state index < -0.39 is 27.9 Å². The number of fused-ring (bicyclic) bond motifs is 1. The standard InChI is InChI=1S/C27H26N2O7S/c1-4-5-14-35-21-10-12-22(13-11-21)37(32,33)29-16-20-8-6-7-9-23(20)28(17-24(29)27(31)34-3)26(30)25-15-19(2)18-36-25/h6-13,15,18,24H,14,16-17H2,1-3H3. The van der Waals surface area contributed by atoms with Crippen molar-refractivity contribution in [1.29, 1.82) is 0 Å². The molecular weight excluding hydrogens is 496 g/mol. The minimum absolute atomic E-state index is 0.0331. The number of rotatable bonds is 6. The summed E-state index contributed by atoms with van der Waals surface area (Å²) in [5, 5.41) is 0. The Bertz CT molecular complexity index is 1470. The molecular formula is C27H26N2O7S. The van der Waals surface area contributed by atoms with Crippen molar-refractivity contribution in [3.05, 3.63) is 77.7 Å². The smallest absolute Gasteiger partial charge is 0.326 e. The number of furan rings is 1. The van der Waals surface area contributed by atoms with Crippen LogP contribution < -0.4 is 9.64 Å². The number of esters is 1. The lowest BCUT2D eigenvalue weighted by molar-refractivity contribution is -0.144. The van der Waals surface area contributed by atoms with Crippen molar-refractivity contribution in [2.24, 2.45) is 0 Å². The molecule has 4 rings (SSSR count). The van der Waals surface area contributed by atoms with Crippen LogP contribution in [0.1, 0.15) is 28.6 Å². The van der Waals surface area contributed by atoms with Gasteiger partial charge in [-0.05, 0) is 61.4 Å². The first-order valence-electron chi connectivity index (χ1n) is 11.4. The molecule has 0 bridgehead atoms. The van der Waals surface area contributed by atoms with Crippen molar-refractivity contribution in [2.45, 2.75) is 31.3 Å². The van der Waals surface area contributed by atoms with E-state index in [-0.39, 0.29) is 30.4 Å². The average Bonchev–Trinajstić information content (AvgIpc) is 3.26. The van der Waals surface area contributed by atoms with Gasteiger partial charge in [0.2, 0.25) is 10.0 Å². The molecule has 0 spiro atoms. The zero-order valence-corrected chi connectivity index (χ0v) is 21.4.